The van der Waals surface area contributed by atoms with Crippen molar-refractivity contribution < 1.29 is 13.3 Å². The molecule has 0 aliphatic heterocycles. The SMILES string of the molecule is O=S([O-])[O-].[CH2]CCCCCCC.[CH2]CCCCCCC.[Sn+2]. The molecule has 0 N–H and O–H groups in total. The molecule has 5 heteroatoms. The quantitative estimate of drug-likeness (QED) is 0.282. The Bertz CT molecular complexity index is 142. The first kappa shape index (κ1) is 29.8. The summed E-state index contributed by atoms with van der Waals surface area (Å²) in [6, 6.07) is 0. The van der Waals surface area contributed by atoms with E-state index in [0.717, 1.165) is 12.8 Å². The van der Waals surface area contributed by atoms with Crippen molar-refractivity contribution in [3.63, 3.8) is 0 Å². The Kier molecular flexibility index (Phi) is 46.5. The zero-order chi connectivity index (χ0) is 16.1. The Balaban J connectivity index is -0.000000107. The Hall–Kier alpha value is 0.869. The van der Waals surface area contributed by atoms with Crippen molar-refractivity contribution in [1.29, 1.82) is 0 Å². The van der Waals surface area contributed by atoms with Crippen LogP contribution in [0, 0.1) is 13.8 Å². The zero-order valence-corrected chi connectivity index (χ0v) is 17.7. The molecule has 126 valence electrons. The van der Waals surface area contributed by atoms with E-state index in [1.807, 2.05) is 0 Å². The normalized spacial score (nSPS) is 9.10. The third-order valence-corrected chi connectivity index (χ3v) is 2.71. The van der Waals surface area contributed by atoms with Crippen LogP contribution in [0.25, 0.3) is 0 Å². The summed E-state index contributed by atoms with van der Waals surface area (Å²) < 4.78 is 25.3. The predicted molar refractivity (Wildman–Crippen MR) is 92.9 cm³/mol. The van der Waals surface area contributed by atoms with Gasteiger partial charge in [-0.15, -0.1) is 11.4 Å². The summed E-state index contributed by atoms with van der Waals surface area (Å²) in [5.74, 6) is 0. The Labute approximate surface area is 153 Å². The first-order valence-electron chi connectivity index (χ1n) is 7.91. The zero-order valence-electron chi connectivity index (χ0n) is 14.0. The van der Waals surface area contributed by atoms with Crippen molar-refractivity contribution in [3.05, 3.63) is 13.8 Å². The number of hydrogen-bond acceptors (Lipinski definition) is 3. The van der Waals surface area contributed by atoms with E-state index in [9.17, 15) is 0 Å². The molecule has 0 aromatic carbocycles. The standard InChI is InChI=1S/2C8H17.H2O3S.Sn/c2*1-3-5-7-8-6-4-2;1-4(2)3;/h2*1,3-8H2,2H3;(H2,1,2,3);/q;;;+2/p-2. The molecule has 0 saturated heterocycles. The molecule has 0 aromatic rings. The van der Waals surface area contributed by atoms with Gasteiger partial charge in [-0.3, -0.25) is 4.21 Å². The minimum Gasteiger partial charge on any atom is -0.784 e. The van der Waals surface area contributed by atoms with E-state index in [1.54, 1.807) is 0 Å². The number of rotatable bonds is 10. The van der Waals surface area contributed by atoms with Gasteiger partial charge in [-0.2, -0.15) is 0 Å². The molecule has 0 unspecified atom stereocenters. The molecule has 0 heterocycles. The van der Waals surface area contributed by atoms with Crippen LogP contribution in [0.15, 0.2) is 0 Å². The molecule has 21 heavy (non-hydrogen) atoms. The van der Waals surface area contributed by atoms with E-state index in [2.05, 4.69) is 27.7 Å². The fourth-order valence-corrected chi connectivity index (χ4v) is 1.56. The second-order valence-electron chi connectivity index (χ2n) is 4.74. The first-order chi connectivity index (χ1) is 9.56. The summed E-state index contributed by atoms with van der Waals surface area (Å²) in [6.07, 6.45) is 16.0. The van der Waals surface area contributed by atoms with E-state index in [-0.39, 0.29) is 23.9 Å². The molecule has 0 atom stereocenters. The summed E-state index contributed by atoms with van der Waals surface area (Å²) >= 11 is -3.11. The van der Waals surface area contributed by atoms with Crippen LogP contribution in [0.2, 0.25) is 0 Å². The summed E-state index contributed by atoms with van der Waals surface area (Å²) in [7, 11) is 0. The van der Waals surface area contributed by atoms with Crippen molar-refractivity contribution in [2.45, 2.75) is 90.9 Å². The molecule has 0 amide bonds. The second-order valence-corrected chi connectivity index (χ2v) is 5.15. The van der Waals surface area contributed by atoms with Gasteiger partial charge in [-0.25, -0.2) is 0 Å². The van der Waals surface area contributed by atoms with Crippen LogP contribution in [-0.2, 0) is 11.4 Å². The Morgan fingerprint density at radius 2 is 0.952 bits per heavy atom. The molecular formula is C16H34O3SSn. The van der Waals surface area contributed by atoms with Gasteiger partial charge in [-0.05, 0) is 0 Å². The molecule has 4 radical (unpaired) electrons. The maximum Gasteiger partial charge on any atom is 2.00 e. The monoisotopic (exact) mass is 426 g/mol. The molecule has 0 aliphatic carbocycles. The van der Waals surface area contributed by atoms with Crippen molar-refractivity contribution >= 4 is 35.3 Å². The molecule has 0 bridgehead atoms. The molecule has 0 aromatic heterocycles. The van der Waals surface area contributed by atoms with Gasteiger partial charge in [-0.1, -0.05) is 105 Å². The maximum absolute atomic E-state index is 8.44. The van der Waals surface area contributed by atoms with Gasteiger partial charge in [0.25, 0.3) is 0 Å². The minimum atomic E-state index is -3.11. The summed E-state index contributed by atoms with van der Waals surface area (Å²) in [5, 5.41) is 0. The van der Waals surface area contributed by atoms with Crippen molar-refractivity contribution in [3.8, 4) is 0 Å². The van der Waals surface area contributed by atoms with Crippen molar-refractivity contribution in [2.24, 2.45) is 0 Å². The van der Waals surface area contributed by atoms with E-state index in [0.29, 0.717) is 0 Å². The first-order valence-corrected chi connectivity index (χ1v) is 8.91. The molecule has 0 rings (SSSR count). The van der Waals surface area contributed by atoms with Gasteiger partial charge < -0.3 is 9.11 Å². The van der Waals surface area contributed by atoms with Gasteiger partial charge in [0.15, 0.2) is 0 Å². The van der Waals surface area contributed by atoms with Gasteiger partial charge in [0.2, 0.25) is 0 Å². The van der Waals surface area contributed by atoms with Crippen LogP contribution in [0.3, 0.4) is 0 Å². The summed E-state index contributed by atoms with van der Waals surface area (Å²) in [4.78, 5) is 0. The van der Waals surface area contributed by atoms with E-state index in [1.165, 1.54) is 64.2 Å². The summed E-state index contributed by atoms with van der Waals surface area (Å²) in [6.45, 7) is 12.0. The summed E-state index contributed by atoms with van der Waals surface area (Å²) in [5.41, 5.74) is 0. The van der Waals surface area contributed by atoms with Crippen LogP contribution in [0.5, 0.6) is 0 Å². The van der Waals surface area contributed by atoms with Gasteiger partial charge in [0.1, 0.15) is 0 Å². The van der Waals surface area contributed by atoms with E-state index >= 15 is 0 Å². The van der Waals surface area contributed by atoms with Crippen LogP contribution in [-0.4, -0.2) is 37.2 Å². The fraction of sp³-hybridized carbons (Fsp3) is 0.875. The van der Waals surface area contributed by atoms with E-state index < -0.39 is 11.4 Å². The average Bonchev–Trinajstić information content (AvgIpc) is 2.40. The molecule has 0 saturated carbocycles. The smallest absolute Gasteiger partial charge is 0.784 e. The largest absolute Gasteiger partial charge is 2.00 e. The van der Waals surface area contributed by atoms with Crippen molar-refractivity contribution in [1.82, 2.24) is 0 Å². The van der Waals surface area contributed by atoms with Crippen LogP contribution >= 0.6 is 0 Å². The maximum atomic E-state index is 8.44. The molecule has 0 fully saturated rings. The third-order valence-electron chi connectivity index (χ3n) is 2.71. The predicted octanol–water partition coefficient (Wildman–Crippen LogP) is 4.98. The topological polar surface area (TPSA) is 63.2 Å². The van der Waals surface area contributed by atoms with Gasteiger partial charge >= 0.3 is 23.9 Å². The van der Waals surface area contributed by atoms with Crippen LogP contribution in [0.1, 0.15) is 90.9 Å². The third kappa shape index (κ3) is 62.9. The fourth-order valence-electron chi connectivity index (χ4n) is 1.56. The van der Waals surface area contributed by atoms with Gasteiger partial charge in [0.05, 0.1) is 0 Å². The Morgan fingerprint density at radius 3 is 1.14 bits per heavy atom. The second kappa shape index (κ2) is 32.7. The van der Waals surface area contributed by atoms with Crippen molar-refractivity contribution in [2.75, 3.05) is 0 Å². The molecule has 0 spiro atoms. The van der Waals surface area contributed by atoms with Crippen LogP contribution in [0.4, 0.5) is 0 Å². The Morgan fingerprint density at radius 1 is 0.714 bits per heavy atom. The van der Waals surface area contributed by atoms with Crippen LogP contribution < -0.4 is 0 Å². The molecule has 3 nitrogen and oxygen atoms in total. The molecule has 0 aliphatic rings. The minimum absolute atomic E-state index is 0. The van der Waals surface area contributed by atoms with Gasteiger partial charge in [0, 0.05) is 0 Å². The average molecular weight is 425 g/mol. The number of hydrogen-bond donors (Lipinski definition) is 0. The number of unbranched alkanes of at least 4 members (excludes halogenated alkanes) is 10. The van der Waals surface area contributed by atoms with E-state index in [4.69, 9.17) is 13.3 Å². The molecular weight excluding hydrogens is 391 g/mol.